The fraction of sp³-hybridized carbons (Fsp3) is 0.167. The molecule has 1 aromatic heterocycles. The van der Waals surface area contributed by atoms with Crippen molar-refractivity contribution in [2.75, 3.05) is 11.9 Å². The monoisotopic (exact) mass is 392 g/mol. The maximum Gasteiger partial charge on any atom is 0.341 e. The van der Waals surface area contributed by atoms with Gasteiger partial charge in [0.2, 0.25) is 5.91 Å². The summed E-state index contributed by atoms with van der Waals surface area (Å²) in [5.41, 5.74) is 6.64. The molecule has 2 aromatic rings. The molecule has 6 nitrogen and oxygen atoms in total. The zero-order chi connectivity index (χ0) is 19.3. The van der Waals surface area contributed by atoms with Crippen LogP contribution in [0.2, 0.25) is 5.02 Å². The highest BCUT2D eigenvalue weighted by atomic mass is 35.5. The Morgan fingerprint density at radius 2 is 1.92 bits per heavy atom. The molecule has 136 valence electrons. The normalized spacial score (nSPS) is 10.7. The molecule has 0 spiro atoms. The molecular formula is C18H17ClN2O4S. The third-order valence-corrected chi connectivity index (χ3v) is 4.86. The first-order valence-corrected chi connectivity index (χ1v) is 8.87. The molecule has 3 N–H and O–H groups in total. The van der Waals surface area contributed by atoms with Crippen molar-refractivity contribution in [1.82, 2.24) is 0 Å². The molecule has 1 heterocycles. The Morgan fingerprint density at radius 3 is 2.50 bits per heavy atom. The van der Waals surface area contributed by atoms with E-state index >= 15 is 0 Å². The summed E-state index contributed by atoms with van der Waals surface area (Å²) in [7, 11) is 0. The lowest BCUT2D eigenvalue weighted by Crippen LogP contribution is -2.13. The van der Waals surface area contributed by atoms with Gasteiger partial charge in [-0.2, -0.15) is 0 Å². The van der Waals surface area contributed by atoms with E-state index in [2.05, 4.69) is 5.32 Å². The summed E-state index contributed by atoms with van der Waals surface area (Å²) in [5.74, 6) is -1.75. The molecule has 0 aliphatic carbocycles. The van der Waals surface area contributed by atoms with Crippen LogP contribution in [-0.2, 0) is 9.53 Å². The molecule has 0 saturated carbocycles. The van der Waals surface area contributed by atoms with Crippen LogP contribution in [0.15, 0.2) is 30.3 Å². The van der Waals surface area contributed by atoms with E-state index in [1.165, 1.54) is 6.08 Å². The summed E-state index contributed by atoms with van der Waals surface area (Å²) in [6.45, 7) is 3.42. The van der Waals surface area contributed by atoms with Gasteiger partial charge in [-0.15, -0.1) is 11.3 Å². The lowest BCUT2D eigenvalue weighted by molar-refractivity contribution is -0.111. The number of hydrogen-bond acceptors (Lipinski definition) is 5. The summed E-state index contributed by atoms with van der Waals surface area (Å²) in [6.07, 6.45) is 2.92. The number of nitrogens with one attached hydrogen (secondary N) is 1. The molecule has 0 fully saturated rings. The van der Waals surface area contributed by atoms with Gasteiger partial charge in [0, 0.05) is 11.1 Å². The highest BCUT2D eigenvalue weighted by Crippen LogP contribution is 2.33. The number of rotatable bonds is 6. The van der Waals surface area contributed by atoms with Gasteiger partial charge < -0.3 is 15.8 Å². The zero-order valence-corrected chi connectivity index (χ0v) is 15.7. The Bertz CT molecular complexity index is 872. The van der Waals surface area contributed by atoms with Crippen molar-refractivity contribution < 1.29 is 19.1 Å². The van der Waals surface area contributed by atoms with Crippen LogP contribution < -0.4 is 11.1 Å². The molecule has 0 unspecified atom stereocenters. The van der Waals surface area contributed by atoms with E-state index in [1.54, 1.807) is 44.2 Å². The second kappa shape index (κ2) is 8.64. The Balaban J connectivity index is 2.25. The van der Waals surface area contributed by atoms with Crippen molar-refractivity contribution >= 4 is 51.8 Å². The van der Waals surface area contributed by atoms with E-state index in [0.29, 0.717) is 10.6 Å². The average molecular weight is 393 g/mol. The van der Waals surface area contributed by atoms with Crippen LogP contribution in [0.1, 0.15) is 38.1 Å². The summed E-state index contributed by atoms with van der Waals surface area (Å²) in [4.78, 5) is 36.1. The molecule has 0 radical (unpaired) electrons. The summed E-state index contributed by atoms with van der Waals surface area (Å²) < 4.78 is 5.00. The smallest absolute Gasteiger partial charge is 0.341 e. The van der Waals surface area contributed by atoms with Gasteiger partial charge in [-0.25, -0.2) is 4.79 Å². The number of anilines is 1. The number of hydrogen-bond donors (Lipinski definition) is 2. The van der Waals surface area contributed by atoms with Gasteiger partial charge in [0.25, 0.3) is 5.91 Å². The highest BCUT2D eigenvalue weighted by Gasteiger charge is 2.25. The number of amides is 2. The Morgan fingerprint density at radius 1 is 1.27 bits per heavy atom. The fourth-order valence-electron chi connectivity index (χ4n) is 2.18. The molecule has 0 atom stereocenters. The predicted molar refractivity (Wildman–Crippen MR) is 103 cm³/mol. The number of carbonyl (C=O) groups is 3. The lowest BCUT2D eigenvalue weighted by Gasteiger charge is -2.05. The van der Waals surface area contributed by atoms with Crippen molar-refractivity contribution in [3.05, 3.63) is 56.9 Å². The van der Waals surface area contributed by atoms with Gasteiger partial charge in [0.05, 0.1) is 17.0 Å². The van der Waals surface area contributed by atoms with Gasteiger partial charge in [-0.3, -0.25) is 9.59 Å². The van der Waals surface area contributed by atoms with Crippen LogP contribution in [0, 0.1) is 6.92 Å². The quantitative estimate of drug-likeness (QED) is 0.579. The second-order valence-electron chi connectivity index (χ2n) is 5.22. The lowest BCUT2D eigenvalue weighted by atomic mass is 10.1. The van der Waals surface area contributed by atoms with Gasteiger partial charge in [-0.1, -0.05) is 23.7 Å². The number of nitrogens with two attached hydrogens (primary N) is 1. The van der Waals surface area contributed by atoms with E-state index in [9.17, 15) is 14.4 Å². The summed E-state index contributed by atoms with van der Waals surface area (Å²) in [6, 6.07) is 6.94. The number of carbonyl (C=O) groups excluding carboxylic acids is 3. The van der Waals surface area contributed by atoms with Crippen molar-refractivity contribution in [2.45, 2.75) is 13.8 Å². The van der Waals surface area contributed by atoms with Crippen LogP contribution in [0.4, 0.5) is 5.00 Å². The van der Waals surface area contributed by atoms with Crippen molar-refractivity contribution in [3.8, 4) is 0 Å². The topological polar surface area (TPSA) is 98.5 Å². The van der Waals surface area contributed by atoms with Gasteiger partial charge in [0.15, 0.2) is 0 Å². The van der Waals surface area contributed by atoms with Gasteiger partial charge in [0.1, 0.15) is 5.00 Å². The van der Waals surface area contributed by atoms with Crippen LogP contribution in [0.5, 0.6) is 0 Å². The summed E-state index contributed by atoms with van der Waals surface area (Å²) >= 11 is 6.76. The number of benzene rings is 1. The molecule has 0 bridgehead atoms. The summed E-state index contributed by atoms with van der Waals surface area (Å²) in [5, 5.41) is 3.42. The number of primary amides is 1. The van der Waals surface area contributed by atoms with E-state index in [1.807, 2.05) is 0 Å². The standard InChI is InChI=1S/C18H17ClN2O4S/c1-3-25-18(24)14-10(2)15(16(20)23)26-17(14)21-13(22)9-6-11-4-7-12(19)8-5-11/h4-9H,3H2,1-2H3,(H2,20,23)(H,21,22)/b9-6+. The Hall–Kier alpha value is -2.64. The molecule has 0 saturated heterocycles. The first-order valence-electron chi connectivity index (χ1n) is 7.68. The van der Waals surface area contributed by atoms with Gasteiger partial charge >= 0.3 is 5.97 Å². The van der Waals surface area contributed by atoms with E-state index < -0.39 is 17.8 Å². The maximum atomic E-state index is 12.2. The van der Waals surface area contributed by atoms with Crippen molar-refractivity contribution in [3.63, 3.8) is 0 Å². The molecular weight excluding hydrogens is 376 g/mol. The highest BCUT2D eigenvalue weighted by molar-refractivity contribution is 7.18. The average Bonchev–Trinajstić information content (AvgIpc) is 2.91. The third-order valence-electron chi connectivity index (χ3n) is 3.38. The van der Waals surface area contributed by atoms with E-state index in [4.69, 9.17) is 22.1 Å². The maximum absolute atomic E-state index is 12.2. The second-order valence-corrected chi connectivity index (χ2v) is 6.68. The minimum atomic E-state index is -0.671. The van der Waals surface area contributed by atoms with Crippen LogP contribution in [0.25, 0.3) is 6.08 Å². The first kappa shape index (κ1) is 19.7. The molecule has 8 heteroatoms. The predicted octanol–water partition coefficient (Wildman–Crippen LogP) is 3.64. The number of halogens is 1. The molecule has 1 aromatic carbocycles. The van der Waals surface area contributed by atoms with Crippen molar-refractivity contribution in [1.29, 1.82) is 0 Å². The molecule has 2 rings (SSSR count). The molecule has 0 aliphatic rings. The van der Waals surface area contributed by atoms with Crippen molar-refractivity contribution in [2.24, 2.45) is 5.73 Å². The van der Waals surface area contributed by atoms with Crippen LogP contribution in [0.3, 0.4) is 0 Å². The molecule has 26 heavy (non-hydrogen) atoms. The number of thiophene rings is 1. The number of ether oxygens (including phenoxy) is 1. The van der Waals surface area contributed by atoms with Crippen LogP contribution in [-0.4, -0.2) is 24.4 Å². The first-order chi connectivity index (χ1) is 12.3. The van der Waals surface area contributed by atoms with E-state index in [-0.39, 0.29) is 22.0 Å². The largest absolute Gasteiger partial charge is 0.462 e. The van der Waals surface area contributed by atoms with E-state index in [0.717, 1.165) is 16.9 Å². The SMILES string of the molecule is CCOC(=O)c1c(NC(=O)/C=C/c2ccc(Cl)cc2)sc(C(N)=O)c1C. The van der Waals surface area contributed by atoms with Gasteiger partial charge in [-0.05, 0) is 43.2 Å². The van der Waals surface area contributed by atoms with Crippen LogP contribution >= 0.6 is 22.9 Å². The number of esters is 1. The Labute approximate surface area is 159 Å². The zero-order valence-electron chi connectivity index (χ0n) is 14.2. The molecule has 0 aliphatic heterocycles. The molecule has 2 amide bonds. The Kier molecular flexibility index (Phi) is 6.54. The minimum absolute atomic E-state index is 0.138. The fourth-order valence-corrected chi connectivity index (χ4v) is 3.36. The third kappa shape index (κ3) is 4.71. The minimum Gasteiger partial charge on any atom is -0.462 e.